The van der Waals surface area contributed by atoms with Gasteiger partial charge in [-0.3, -0.25) is 4.79 Å². The van der Waals surface area contributed by atoms with Crippen molar-refractivity contribution in [3.8, 4) is 0 Å². The van der Waals surface area contributed by atoms with E-state index < -0.39 is 0 Å². The summed E-state index contributed by atoms with van der Waals surface area (Å²) in [4.78, 5) is 11.7. The third kappa shape index (κ3) is 4.86. The SMILES string of the molecule is NC(CC(=O)OCc1ccccc1)Cc1ccccc1. The maximum absolute atomic E-state index is 11.7. The Hall–Kier alpha value is -2.13. The third-order valence-electron chi connectivity index (χ3n) is 3.01. The van der Waals surface area contributed by atoms with E-state index in [1.54, 1.807) is 0 Å². The Labute approximate surface area is 119 Å². The quantitative estimate of drug-likeness (QED) is 0.820. The van der Waals surface area contributed by atoms with E-state index in [0.29, 0.717) is 13.0 Å². The smallest absolute Gasteiger partial charge is 0.307 e. The van der Waals surface area contributed by atoms with E-state index in [2.05, 4.69) is 0 Å². The zero-order chi connectivity index (χ0) is 14.2. The van der Waals surface area contributed by atoms with Gasteiger partial charge in [-0.2, -0.15) is 0 Å². The molecular weight excluding hydrogens is 250 g/mol. The highest BCUT2D eigenvalue weighted by Gasteiger charge is 2.11. The molecule has 2 aromatic rings. The zero-order valence-electron chi connectivity index (χ0n) is 11.4. The van der Waals surface area contributed by atoms with Crippen molar-refractivity contribution in [3.63, 3.8) is 0 Å². The van der Waals surface area contributed by atoms with Crippen LogP contribution in [0.15, 0.2) is 60.7 Å². The summed E-state index contributed by atoms with van der Waals surface area (Å²) in [6, 6.07) is 19.3. The largest absolute Gasteiger partial charge is 0.461 e. The van der Waals surface area contributed by atoms with Crippen molar-refractivity contribution >= 4 is 5.97 Å². The van der Waals surface area contributed by atoms with Gasteiger partial charge in [0.25, 0.3) is 0 Å². The predicted octanol–water partition coefficient (Wildman–Crippen LogP) is 2.69. The van der Waals surface area contributed by atoms with Crippen LogP contribution in [-0.4, -0.2) is 12.0 Å². The van der Waals surface area contributed by atoms with Gasteiger partial charge in [0.05, 0.1) is 6.42 Å². The summed E-state index contributed by atoms with van der Waals surface area (Å²) in [5, 5.41) is 0. The van der Waals surface area contributed by atoms with E-state index in [1.807, 2.05) is 60.7 Å². The van der Waals surface area contributed by atoms with Gasteiger partial charge < -0.3 is 10.5 Å². The number of esters is 1. The van der Waals surface area contributed by atoms with E-state index >= 15 is 0 Å². The Bertz CT molecular complexity index is 525. The molecule has 0 saturated carbocycles. The molecule has 2 rings (SSSR count). The summed E-state index contributed by atoms with van der Waals surface area (Å²) in [6.07, 6.45) is 0.920. The minimum atomic E-state index is -0.253. The molecule has 2 N–H and O–H groups in total. The lowest BCUT2D eigenvalue weighted by molar-refractivity contribution is -0.145. The van der Waals surface area contributed by atoms with Crippen molar-refractivity contribution in [1.29, 1.82) is 0 Å². The van der Waals surface area contributed by atoms with E-state index in [-0.39, 0.29) is 18.4 Å². The Kier molecular flexibility index (Phi) is 5.33. The molecule has 3 heteroatoms. The van der Waals surface area contributed by atoms with Gasteiger partial charge in [0.1, 0.15) is 6.61 Å². The van der Waals surface area contributed by atoms with Gasteiger partial charge in [0.15, 0.2) is 0 Å². The molecule has 1 atom stereocenters. The first-order valence-corrected chi connectivity index (χ1v) is 6.73. The van der Waals surface area contributed by atoms with Crippen LogP contribution in [0.3, 0.4) is 0 Å². The molecule has 2 aromatic carbocycles. The monoisotopic (exact) mass is 269 g/mol. The second kappa shape index (κ2) is 7.46. The second-order valence-electron chi connectivity index (χ2n) is 4.80. The molecule has 20 heavy (non-hydrogen) atoms. The van der Waals surface area contributed by atoms with Crippen molar-refractivity contribution in [2.24, 2.45) is 5.73 Å². The average Bonchev–Trinajstić information content (AvgIpc) is 2.47. The first-order chi connectivity index (χ1) is 9.74. The Morgan fingerprint density at radius 3 is 2.10 bits per heavy atom. The molecule has 0 aliphatic rings. The first-order valence-electron chi connectivity index (χ1n) is 6.73. The van der Waals surface area contributed by atoms with Crippen LogP contribution >= 0.6 is 0 Å². The molecule has 0 amide bonds. The molecule has 0 bridgehead atoms. The molecule has 1 unspecified atom stereocenters. The molecule has 104 valence electrons. The lowest BCUT2D eigenvalue weighted by Gasteiger charge is -2.11. The lowest BCUT2D eigenvalue weighted by atomic mass is 10.0. The predicted molar refractivity (Wildman–Crippen MR) is 79.0 cm³/mol. The standard InChI is InChI=1S/C17H19NO2/c18-16(11-14-7-3-1-4-8-14)12-17(19)20-13-15-9-5-2-6-10-15/h1-10,16H,11-13,18H2. The maximum Gasteiger partial charge on any atom is 0.307 e. The van der Waals surface area contributed by atoms with Crippen LogP contribution < -0.4 is 5.73 Å². The number of rotatable bonds is 6. The Morgan fingerprint density at radius 2 is 1.50 bits per heavy atom. The fraction of sp³-hybridized carbons (Fsp3) is 0.235. The molecule has 0 aliphatic carbocycles. The van der Waals surface area contributed by atoms with Crippen LogP contribution in [0.5, 0.6) is 0 Å². The molecule has 0 saturated heterocycles. The van der Waals surface area contributed by atoms with Gasteiger partial charge in [0, 0.05) is 6.04 Å². The maximum atomic E-state index is 11.7. The van der Waals surface area contributed by atoms with Crippen molar-refractivity contribution in [2.45, 2.75) is 25.5 Å². The van der Waals surface area contributed by atoms with Gasteiger partial charge in [-0.25, -0.2) is 0 Å². The van der Waals surface area contributed by atoms with Crippen molar-refractivity contribution in [1.82, 2.24) is 0 Å². The van der Waals surface area contributed by atoms with Crippen LogP contribution in [0, 0.1) is 0 Å². The molecule has 0 heterocycles. The highest BCUT2D eigenvalue weighted by atomic mass is 16.5. The third-order valence-corrected chi connectivity index (χ3v) is 3.01. The van der Waals surface area contributed by atoms with E-state index in [4.69, 9.17) is 10.5 Å². The van der Waals surface area contributed by atoms with Gasteiger partial charge in [0.2, 0.25) is 0 Å². The van der Waals surface area contributed by atoms with Crippen LogP contribution in [0.1, 0.15) is 17.5 Å². The minimum Gasteiger partial charge on any atom is -0.461 e. The molecule has 0 aliphatic heterocycles. The van der Waals surface area contributed by atoms with Crippen molar-refractivity contribution in [2.75, 3.05) is 0 Å². The topological polar surface area (TPSA) is 52.3 Å². The summed E-state index contributed by atoms with van der Waals surface area (Å²) in [6.45, 7) is 0.303. The summed E-state index contributed by atoms with van der Waals surface area (Å²) < 4.78 is 5.22. The van der Waals surface area contributed by atoms with Crippen LogP contribution in [0.4, 0.5) is 0 Å². The highest BCUT2D eigenvalue weighted by Crippen LogP contribution is 2.06. The van der Waals surface area contributed by atoms with Crippen LogP contribution in [-0.2, 0) is 22.6 Å². The number of carbonyl (C=O) groups is 1. The average molecular weight is 269 g/mol. The number of hydrogen-bond donors (Lipinski definition) is 1. The second-order valence-corrected chi connectivity index (χ2v) is 4.80. The van der Waals surface area contributed by atoms with E-state index in [1.165, 1.54) is 0 Å². The number of carbonyl (C=O) groups excluding carboxylic acids is 1. The molecule has 0 fully saturated rings. The van der Waals surface area contributed by atoms with Gasteiger partial charge in [-0.1, -0.05) is 60.7 Å². The molecule has 0 aromatic heterocycles. The lowest BCUT2D eigenvalue weighted by Crippen LogP contribution is -2.27. The zero-order valence-corrected chi connectivity index (χ0v) is 11.4. The van der Waals surface area contributed by atoms with E-state index in [0.717, 1.165) is 11.1 Å². The van der Waals surface area contributed by atoms with Gasteiger partial charge >= 0.3 is 5.97 Å². The number of ether oxygens (including phenoxy) is 1. The number of nitrogens with two attached hydrogens (primary N) is 1. The van der Waals surface area contributed by atoms with Crippen LogP contribution in [0.25, 0.3) is 0 Å². The summed E-state index contributed by atoms with van der Waals surface area (Å²) >= 11 is 0. The molecule has 3 nitrogen and oxygen atoms in total. The van der Waals surface area contributed by atoms with Crippen molar-refractivity contribution in [3.05, 3.63) is 71.8 Å². The van der Waals surface area contributed by atoms with Crippen LogP contribution in [0.2, 0.25) is 0 Å². The van der Waals surface area contributed by atoms with Gasteiger partial charge in [-0.05, 0) is 17.5 Å². The summed E-state index contributed by atoms with van der Waals surface area (Å²) in [7, 11) is 0. The minimum absolute atomic E-state index is 0.208. The Morgan fingerprint density at radius 1 is 0.950 bits per heavy atom. The molecule has 0 spiro atoms. The van der Waals surface area contributed by atoms with E-state index in [9.17, 15) is 4.79 Å². The highest BCUT2D eigenvalue weighted by molar-refractivity contribution is 5.70. The Balaban J connectivity index is 1.74. The fourth-order valence-electron chi connectivity index (χ4n) is 2.00. The fourth-order valence-corrected chi connectivity index (χ4v) is 2.00. The molecule has 0 radical (unpaired) electrons. The summed E-state index contributed by atoms with van der Waals surface area (Å²) in [5.74, 6) is -0.253. The normalized spacial score (nSPS) is 11.8. The number of benzene rings is 2. The van der Waals surface area contributed by atoms with Gasteiger partial charge in [-0.15, -0.1) is 0 Å². The molecular formula is C17H19NO2. The number of hydrogen-bond acceptors (Lipinski definition) is 3. The summed E-state index contributed by atoms with van der Waals surface area (Å²) in [5.41, 5.74) is 8.09. The van der Waals surface area contributed by atoms with Crippen molar-refractivity contribution < 1.29 is 9.53 Å². The first kappa shape index (κ1) is 14.3.